The van der Waals surface area contributed by atoms with Crippen LogP contribution in [-0.4, -0.2) is 24.2 Å². The van der Waals surface area contributed by atoms with Crippen LogP contribution >= 0.6 is 0 Å². The standard InChI is InChI=1S/C23H19NO3/c1-2-26-23(25)17-12-10-16(11-13-17)20-7-5-8-21(24-20)19-14-18-6-3-4-9-22(18)27-15-19/h3-14H,2,15H2,1H3. The van der Waals surface area contributed by atoms with E-state index in [9.17, 15) is 4.79 Å². The number of carbonyl (C=O) groups is 1. The molecule has 0 saturated heterocycles. The van der Waals surface area contributed by atoms with Gasteiger partial charge in [0.25, 0.3) is 0 Å². The maximum absolute atomic E-state index is 11.8. The zero-order chi connectivity index (χ0) is 18.6. The molecule has 0 spiro atoms. The van der Waals surface area contributed by atoms with Crippen molar-refractivity contribution in [2.45, 2.75) is 6.92 Å². The van der Waals surface area contributed by atoms with Crippen molar-refractivity contribution < 1.29 is 14.3 Å². The molecule has 4 nitrogen and oxygen atoms in total. The monoisotopic (exact) mass is 357 g/mol. The SMILES string of the molecule is CCOC(=O)c1ccc(-c2cccc(C3=Cc4ccccc4OC3)n2)cc1. The van der Waals surface area contributed by atoms with E-state index in [0.717, 1.165) is 33.8 Å². The first kappa shape index (κ1) is 17.0. The highest BCUT2D eigenvalue weighted by Crippen LogP contribution is 2.30. The summed E-state index contributed by atoms with van der Waals surface area (Å²) < 4.78 is 10.9. The van der Waals surface area contributed by atoms with Gasteiger partial charge in [-0.2, -0.15) is 0 Å². The van der Waals surface area contributed by atoms with Crippen LogP contribution in [0, 0.1) is 0 Å². The molecule has 4 rings (SSSR count). The van der Waals surface area contributed by atoms with Gasteiger partial charge >= 0.3 is 5.97 Å². The van der Waals surface area contributed by atoms with E-state index in [0.29, 0.717) is 18.8 Å². The summed E-state index contributed by atoms with van der Waals surface area (Å²) in [5, 5.41) is 0. The highest BCUT2D eigenvalue weighted by atomic mass is 16.5. The lowest BCUT2D eigenvalue weighted by Gasteiger charge is -2.18. The number of esters is 1. The number of para-hydroxylation sites is 1. The Morgan fingerprint density at radius 3 is 2.59 bits per heavy atom. The molecule has 0 unspecified atom stereocenters. The van der Waals surface area contributed by atoms with E-state index in [1.807, 2.05) is 54.6 Å². The minimum atomic E-state index is -0.311. The van der Waals surface area contributed by atoms with Gasteiger partial charge < -0.3 is 9.47 Å². The maximum atomic E-state index is 11.8. The fourth-order valence-electron chi connectivity index (χ4n) is 3.03. The van der Waals surface area contributed by atoms with E-state index in [1.54, 1.807) is 19.1 Å². The Hall–Kier alpha value is -3.40. The fourth-order valence-corrected chi connectivity index (χ4v) is 3.03. The molecule has 0 amide bonds. The lowest BCUT2D eigenvalue weighted by atomic mass is 10.0. The maximum Gasteiger partial charge on any atom is 0.338 e. The average molecular weight is 357 g/mol. The van der Waals surface area contributed by atoms with Gasteiger partial charge in [0.05, 0.1) is 23.6 Å². The van der Waals surface area contributed by atoms with Gasteiger partial charge in [-0.15, -0.1) is 0 Å². The number of nitrogens with zero attached hydrogens (tertiary/aromatic N) is 1. The molecule has 0 radical (unpaired) electrons. The van der Waals surface area contributed by atoms with E-state index in [2.05, 4.69) is 6.08 Å². The van der Waals surface area contributed by atoms with E-state index >= 15 is 0 Å². The quantitative estimate of drug-likeness (QED) is 0.626. The van der Waals surface area contributed by atoms with Crippen molar-refractivity contribution in [2.75, 3.05) is 13.2 Å². The third-order valence-electron chi connectivity index (χ3n) is 4.40. The molecule has 0 aliphatic carbocycles. The molecule has 27 heavy (non-hydrogen) atoms. The summed E-state index contributed by atoms with van der Waals surface area (Å²) >= 11 is 0. The summed E-state index contributed by atoms with van der Waals surface area (Å²) in [5.74, 6) is 0.584. The molecular weight excluding hydrogens is 338 g/mol. The van der Waals surface area contributed by atoms with Crippen LogP contribution in [0.2, 0.25) is 0 Å². The first-order valence-corrected chi connectivity index (χ1v) is 8.92. The molecule has 2 aromatic carbocycles. The Morgan fingerprint density at radius 1 is 1.00 bits per heavy atom. The Kier molecular flexibility index (Phi) is 4.71. The van der Waals surface area contributed by atoms with E-state index in [-0.39, 0.29) is 5.97 Å². The third kappa shape index (κ3) is 3.60. The first-order valence-electron chi connectivity index (χ1n) is 8.92. The van der Waals surface area contributed by atoms with Gasteiger partial charge in [0.15, 0.2) is 0 Å². The molecular formula is C23H19NO3. The molecule has 0 bridgehead atoms. The summed E-state index contributed by atoms with van der Waals surface area (Å²) in [6.45, 7) is 2.66. The van der Waals surface area contributed by atoms with Gasteiger partial charge in [-0.25, -0.2) is 9.78 Å². The molecule has 134 valence electrons. The average Bonchev–Trinajstić information content (AvgIpc) is 2.74. The number of benzene rings is 2. The van der Waals surface area contributed by atoms with Crippen molar-refractivity contribution in [2.24, 2.45) is 0 Å². The number of aromatic nitrogens is 1. The first-order chi connectivity index (χ1) is 13.2. The molecule has 1 aliphatic rings. The van der Waals surface area contributed by atoms with Crippen molar-refractivity contribution >= 4 is 17.6 Å². The molecule has 0 fully saturated rings. The van der Waals surface area contributed by atoms with Crippen molar-refractivity contribution in [1.82, 2.24) is 4.98 Å². The molecule has 0 N–H and O–H groups in total. The molecule has 1 aliphatic heterocycles. The Labute approximate surface area is 158 Å². The molecule has 2 heterocycles. The van der Waals surface area contributed by atoms with E-state index in [1.165, 1.54) is 0 Å². The number of hydrogen-bond acceptors (Lipinski definition) is 4. The minimum Gasteiger partial charge on any atom is -0.488 e. The summed E-state index contributed by atoms with van der Waals surface area (Å²) in [6, 6.07) is 21.2. The largest absolute Gasteiger partial charge is 0.488 e. The summed E-state index contributed by atoms with van der Waals surface area (Å²) in [5.41, 5.74) is 5.32. The highest BCUT2D eigenvalue weighted by Gasteiger charge is 2.14. The fraction of sp³-hybridized carbons (Fsp3) is 0.130. The van der Waals surface area contributed by atoms with E-state index < -0.39 is 0 Å². The minimum absolute atomic E-state index is 0.311. The number of hydrogen-bond donors (Lipinski definition) is 0. The van der Waals surface area contributed by atoms with Crippen molar-refractivity contribution in [3.8, 4) is 17.0 Å². The van der Waals surface area contributed by atoms with Gasteiger partial charge in [-0.05, 0) is 43.3 Å². The predicted molar refractivity (Wildman–Crippen MR) is 105 cm³/mol. The van der Waals surface area contributed by atoms with E-state index in [4.69, 9.17) is 14.5 Å². The van der Waals surface area contributed by atoms with Crippen molar-refractivity contribution in [3.63, 3.8) is 0 Å². The van der Waals surface area contributed by atoms with Crippen LogP contribution in [-0.2, 0) is 4.74 Å². The van der Waals surface area contributed by atoms with Gasteiger partial charge in [0.1, 0.15) is 12.4 Å². The van der Waals surface area contributed by atoms with Gasteiger partial charge in [-0.1, -0.05) is 36.4 Å². The lowest BCUT2D eigenvalue weighted by Crippen LogP contribution is -2.07. The number of pyridine rings is 1. The summed E-state index contributed by atoms with van der Waals surface area (Å²) in [7, 11) is 0. The highest BCUT2D eigenvalue weighted by molar-refractivity contribution is 5.90. The smallest absolute Gasteiger partial charge is 0.338 e. The molecule has 4 heteroatoms. The van der Waals surface area contributed by atoms with Crippen molar-refractivity contribution in [1.29, 1.82) is 0 Å². The summed E-state index contributed by atoms with van der Waals surface area (Å²) in [4.78, 5) is 16.6. The van der Waals surface area contributed by atoms with Crippen LogP contribution in [0.3, 0.4) is 0 Å². The predicted octanol–water partition coefficient (Wildman–Crippen LogP) is 4.86. The molecule has 0 saturated carbocycles. The Balaban J connectivity index is 1.62. The van der Waals surface area contributed by atoms with Crippen LogP contribution in [0.4, 0.5) is 0 Å². The summed E-state index contributed by atoms with van der Waals surface area (Å²) in [6.07, 6.45) is 2.12. The lowest BCUT2D eigenvalue weighted by molar-refractivity contribution is 0.0526. The number of ether oxygens (including phenoxy) is 2. The second-order valence-electron chi connectivity index (χ2n) is 6.20. The van der Waals surface area contributed by atoms with Gasteiger partial charge in [0, 0.05) is 16.7 Å². The van der Waals surface area contributed by atoms with Crippen molar-refractivity contribution in [3.05, 3.63) is 83.6 Å². The Bertz CT molecular complexity index is 1010. The molecule has 0 atom stereocenters. The zero-order valence-corrected chi connectivity index (χ0v) is 15.0. The topological polar surface area (TPSA) is 48.4 Å². The van der Waals surface area contributed by atoms with Crippen LogP contribution in [0.1, 0.15) is 28.5 Å². The third-order valence-corrected chi connectivity index (χ3v) is 4.40. The number of fused-ring (bicyclic) bond motifs is 1. The number of carbonyl (C=O) groups excluding carboxylic acids is 1. The Morgan fingerprint density at radius 2 is 1.78 bits per heavy atom. The van der Waals surface area contributed by atoms with Crippen LogP contribution in [0.15, 0.2) is 66.7 Å². The second kappa shape index (κ2) is 7.46. The normalized spacial score (nSPS) is 12.6. The van der Waals surface area contributed by atoms with Crippen LogP contribution < -0.4 is 4.74 Å². The van der Waals surface area contributed by atoms with Crippen LogP contribution in [0.25, 0.3) is 22.9 Å². The second-order valence-corrected chi connectivity index (χ2v) is 6.20. The zero-order valence-electron chi connectivity index (χ0n) is 15.0. The number of rotatable bonds is 4. The molecule has 3 aromatic rings. The van der Waals surface area contributed by atoms with Crippen LogP contribution in [0.5, 0.6) is 5.75 Å². The van der Waals surface area contributed by atoms with Gasteiger partial charge in [0.2, 0.25) is 0 Å². The molecule has 1 aromatic heterocycles. The van der Waals surface area contributed by atoms with Gasteiger partial charge in [-0.3, -0.25) is 0 Å².